The maximum atomic E-state index is 12.1. The second kappa shape index (κ2) is 8.48. The highest BCUT2D eigenvalue weighted by molar-refractivity contribution is 6.04. The van der Waals surface area contributed by atoms with E-state index in [1.807, 2.05) is 37.2 Å². The lowest BCUT2D eigenvalue weighted by Gasteiger charge is -2.21. The number of hydrogen-bond acceptors (Lipinski definition) is 4. The van der Waals surface area contributed by atoms with Crippen molar-refractivity contribution in [3.63, 3.8) is 0 Å². The monoisotopic (exact) mass is 315 g/mol. The lowest BCUT2D eigenvalue weighted by Crippen LogP contribution is -2.40. The van der Waals surface area contributed by atoms with Gasteiger partial charge in [-0.1, -0.05) is 18.2 Å². The first-order valence-corrected chi connectivity index (χ1v) is 8.02. The van der Waals surface area contributed by atoms with Crippen LogP contribution in [-0.2, 0) is 11.3 Å². The Balaban J connectivity index is 1.92. The smallest absolute Gasteiger partial charge is 0.224 e. The highest BCUT2D eigenvalue weighted by atomic mass is 16.2. The summed E-state index contributed by atoms with van der Waals surface area (Å²) >= 11 is 0. The first-order valence-electron chi connectivity index (χ1n) is 8.02. The third kappa shape index (κ3) is 5.53. The number of carbonyl (C=O) groups excluding carboxylic acids is 2. The van der Waals surface area contributed by atoms with Gasteiger partial charge in [0.05, 0.1) is 5.92 Å². The van der Waals surface area contributed by atoms with Gasteiger partial charge in [0.1, 0.15) is 0 Å². The summed E-state index contributed by atoms with van der Waals surface area (Å²) in [6.07, 6.45) is 5.26. The van der Waals surface area contributed by atoms with Crippen molar-refractivity contribution in [2.24, 2.45) is 5.92 Å². The van der Waals surface area contributed by atoms with Crippen molar-refractivity contribution >= 4 is 11.7 Å². The minimum absolute atomic E-state index is 0.0386. The molecule has 0 aromatic heterocycles. The maximum Gasteiger partial charge on any atom is 0.224 e. The molecule has 1 saturated heterocycles. The number of ketones is 1. The van der Waals surface area contributed by atoms with Gasteiger partial charge in [-0.25, -0.2) is 0 Å². The molecule has 2 N–H and O–H groups in total. The number of piperidine rings is 1. The number of allylic oxidation sites excluding steroid dienone is 1. The lowest BCUT2D eigenvalue weighted by molar-refractivity contribution is -0.125. The molecule has 1 aromatic rings. The fraction of sp³-hybridized carbons (Fsp3) is 0.444. The second-order valence-corrected chi connectivity index (χ2v) is 6.11. The van der Waals surface area contributed by atoms with Gasteiger partial charge >= 0.3 is 0 Å². The van der Waals surface area contributed by atoms with Crippen molar-refractivity contribution in [1.82, 2.24) is 15.5 Å². The minimum atomic E-state index is -0.0386. The van der Waals surface area contributed by atoms with Gasteiger partial charge in [0.25, 0.3) is 0 Å². The van der Waals surface area contributed by atoms with E-state index in [1.165, 1.54) is 0 Å². The van der Waals surface area contributed by atoms with Crippen LogP contribution in [0.3, 0.4) is 0 Å². The number of benzene rings is 1. The topological polar surface area (TPSA) is 61.4 Å². The van der Waals surface area contributed by atoms with Gasteiger partial charge < -0.3 is 15.5 Å². The molecular formula is C18H25N3O2. The molecule has 1 aliphatic rings. The molecule has 1 fully saturated rings. The third-order valence-corrected chi connectivity index (χ3v) is 3.87. The quantitative estimate of drug-likeness (QED) is 0.618. The summed E-state index contributed by atoms with van der Waals surface area (Å²) in [5.41, 5.74) is 1.57. The molecule has 5 nitrogen and oxygen atoms in total. The predicted molar refractivity (Wildman–Crippen MR) is 91.0 cm³/mol. The average molecular weight is 315 g/mol. The molecular weight excluding hydrogens is 290 g/mol. The summed E-state index contributed by atoms with van der Waals surface area (Å²) in [5.74, 6) is 0.0985. The zero-order valence-corrected chi connectivity index (χ0v) is 13.8. The summed E-state index contributed by atoms with van der Waals surface area (Å²) in [6.45, 7) is 2.20. The first kappa shape index (κ1) is 17.2. The molecule has 1 unspecified atom stereocenters. The molecule has 1 heterocycles. The normalized spacial score (nSPS) is 17.9. The molecule has 0 bridgehead atoms. The van der Waals surface area contributed by atoms with E-state index in [0.717, 1.165) is 31.5 Å². The molecule has 1 amide bonds. The molecule has 0 radical (unpaired) electrons. The number of amides is 1. The van der Waals surface area contributed by atoms with E-state index < -0.39 is 0 Å². The van der Waals surface area contributed by atoms with Crippen LogP contribution in [0.5, 0.6) is 0 Å². The summed E-state index contributed by atoms with van der Waals surface area (Å²) in [7, 11) is 3.74. The van der Waals surface area contributed by atoms with Gasteiger partial charge in [-0.3, -0.25) is 9.59 Å². The zero-order chi connectivity index (χ0) is 16.7. The molecule has 1 aliphatic heterocycles. The third-order valence-electron chi connectivity index (χ3n) is 3.87. The van der Waals surface area contributed by atoms with Gasteiger partial charge in [-0.05, 0) is 31.0 Å². The van der Waals surface area contributed by atoms with Crippen molar-refractivity contribution < 1.29 is 9.59 Å². The summed E-state index contributed by atoms with van der Waals surface area (Å²) < 4.78 is 0. The van der Waals surface area contributed by atoms with Crippen LogP contribution in [-0.4, -0.2) is 43.8 Å². The summed E-state index contributed by atoms with van der Waals surface area (Å²) in [4.78, 5) is 26.0. The molecule has 0 spiro atoms. The van der Waals surface area contributed by atoms with Gasteiger partial charge in [-0.15, -0.1) is 0 Å². The predicted octanol–water partition coefficient (Wildman–Crippen LogP) is 1.56. The van der Waals surface area contributed by atoms with Crippen molar-refractivity contribution in [2.75, 3.05) is 27.2 Å². The standard InChI is InChI=1S/C18H25N3O2/c1-21(2)10-8-17(22)15-6-3-5-14(11-15)12-20-18(23)16-7-4-9-19-13-16/h3,5-6,8,10-11,16,19H,4,7,9,12-13H2,1-2H3,(H,20,23). The number of nitrogens with zero attached hydrogens (tertiary/aromatic N) is 1. The van der Waals surface area contributed by atoms with Crippen LogP contribution in [0.15, 0.2) is 36.5 Å². The van der Waals surface area contributed by atoms with Crippen molar-refractivity contribution in [3.05, 3.63) is 47.7 Å². The van der Waals surface area contributed by atoms with Crippen LogP contribution in [0.25, 0.3) is 0 Å². The van der Waals surface area contributed by atoms with E-state index >= 15 is 0 Å². The van der Waals surface area contributed by atoms with Crippen molar-refractivity contribution in [1.29, 1.82) is 0 Å². The van der Waals surface area contributed by atoms with E-state index in [1.54, 1.807) is 18.3 Å². The highest BCUT2D eigenvalue weighted by Crippen LogP contribution is 2.11. The first-order chi connectivity index (χ1) is 11.1. The average Bonchev–Trinajstić information content (AvgIpc) is 2.58. The number of carbonyl (C=O) groups is 2. The van der Waals surface area contributed by atoms with Crippen LogP contribution in [0.1, 0.15) is 28.8 Å². The van der Waals surface area contributed by atoms with Gasteiger partial charge in [0.15, 0.2) is 5.78 Å². The molecule has 0 aliphatic carbocycles. The Morgan fingerprint density at radius 1 is 1.39 bits per heavy atom. The Hall–Kier alpha value is -2.14. The second-order valence-electron chi connectivity index (χ2n) is 6.11. The molecule has 124 valence electrons. The molecule has 1 atom stereocenters. The summed E-state index contributed by atoms with van der Waals surface area (Å²) in [6, 6.07) is 7.40. The Morgan fingerprint density at radius 3 is 2.91 bits per heavy atom. The van der Waals surface area contributed by atoms with E-state index in [2.05, 4.69) is 10.6 Å². The Bertz CT molecular complexity index is 575. The summed E-state index contributed by atoms with van der Waals surface area (Å²) in [5, 5.41) is 6.21. The fourth-order valence-electron chi connectivity index (χ4n) is 2.56. The van der Waals surface area contributed by atoms with Crippen LogP contribution < -0.4 is 10.6 Å². The minimum Gasteiger partial charge on any atom is -0.383 e. The van der Waals surface area contributed by atoms with Gasteiger partial charge in [0.2, 0.25) is 5.91 Å². The molecule has 5 heteroatoms. The Labute approximate surface area is 137 Å². The van der Waals surface area contributed by atoms with E-state index in [0.29, 0.717) is 12.1 Å². The van der Waals surface area contributed by atoms with E-state index in [9.17, 15) is 9.59 Å². The molecule has 1 aromatic carbocycles. The lowest BCUT2D eigenvalue weighted by atomic mass is 9.98. The van der Waals surface area contributed by atoms with Crippen LogP contribution in [0.2, 0.25) is 0 Å². The Kier molecular flexibility index (Phi) is 6.35. The van der Waals surface area contributed by atoms with Crippen LogP contribution >= 0.6 is 0 Å². The largest absolute Gasteiger partial charge is 0.383 e. The Morgan fingerprint density at radius 2 is 2.22 bits per heavy atom. The molecule has 2 rings (SSSR count). The van der Waals surface area contributed by atoms with Crippen LogP contribution in [0.4, 0.5) is 0 Å². The van der Waals surface area contributed by atoms with Crippen molar-refractivity contribution in [3.8, 4) is 0 Å². The van der Waals surface area contributed by atoms with Crippen molar-refractivity contribution in [2.45, 2.75) is 19.4 Å². The SMILES string of the molecule is CN(C)C=CC(=O)c1cccc(CNC(=O)C2CCCNC2)c1. The van der Waals surface area contributed by atoms with E-state index in [-0.39, 0.29) is 17.6 Å². The van der Waals surface area contributed by atoms with Gasteiger partial charge in [0, 0.05) is 45.0 Å². The van der Waals surface area contributed by atoms with Crippen LogP contribution in [0, 0.1) is 5.92 Å². The molecule has 23 heavy (non-hydrogen) atoms. The van der Waals surface area contributed by atoms with E-state index in [4.69, 9.17) is 0 Å². The number of rotatable bonds is 6. The number of nitrogens with one attached hydrogen (secondary N) is 2. The highest BCUT2D eigenvalue weighted by Gasteiger charge is 2.20. The number of hydrogen-bond donors (Lipinski definition) is 2. The molecule has 0 saturated carbocycles. The maximum absolute atomic E-state index is 12.1. The van der Waals surface area contributed by atoms with Gasteiger partial charge in [-0.2, -0.15) is 0 Å². The fourth-order valence-corrected chi connectivity index (χ4v) is 2.56. The zero-order valence-electron chi connectivity index (χ0n) is 13.8.